The van der Waals surface area contributed by atoms with Gasteiger partial charge in [0.15, 0.2) is 0 Å². The van der Waals surface area contributed by atoms with Gasteiger partial charge in [0.2, 0.25) is 11.8 Å². The highest BCUT2D eigenvalue weighted by atomic mass is 35.5. The second kappa shape index (κ2) is 4.85. The van der Waals surface area contributed by atoms with Crippen LogP contribution in [0.3, 0.4) is 0 Å². The summed E-state index contributed by atoms with van der Waals surface area (Å²) in [6.45, 7) is -0.434. The summed E-state index contributed by atoms with van der Waals surface area (Å²) < 4.78 is 5.62. The Bertz CT molecular complexity index is 824. The molecule has 1 aromatic carbocycles. The second-order valence-electron chi connectivity index (χ2n) is 5.96. The third-order valence-corrected chi connectivity index (χ3v) is 5.10. The number of aliphatic hydroxyl groups is 1. The third-order valence-electron chi connectivity index (χ3n) is 4.78. The lowest BCUT2D eigenvalue weighted by atomic mass is 9.77. The normalized spacial score (nSPS) is 33.4. The highest BCUT2D eigenvalue weighted by Gasteiger charge is 2.67. The maximum absolute atomic E-state index is 12.8. The van der Waals surface area contributed by atoms with Gasteiger partial charge in [-0.15, -0.1) is 0 Å². The monoisotopic (exact) mass is 350 g/mol. The van der Waals surface area contributed by atoms with Crippen molar-refractivity contribution in [2.45, 2.75) is 11.7 Å². The van der Waals surface area contributed by atoms with Crippen molar-refractivity contribution in [1.82, 2.24) is 0 Å². The summed E-state index contributed by atoms with van der Waals surface area (Å²) >= 11 is 6.06. The van der Waals surface area contributed by atoms with Crippen molar-refractivity contribution in [2.24, 2.45) is 11.8 Å². The Balaban J connectivity index is 1.80. The van der Waals surface area contributed by atoms with Gasteiger partial charge in [-0.05, 0) is 6.07 Å². The lowest BCUT2D eigenvalue weighted by Crippen LogP contribution is -2.43. The minimum absolute atomic E-state index is 0.0252. The smallest absolute Gasteiger partial charge is 0.271 e. The van der Waals surface area contributed by atoms with E-state index in [2.05, 4.69) is 0 Å². The number of rotatable bonds is 3. The van der Waals surface area contributed by atoms with Crippen LogP contribution in [0.15, 0.2) is 30.4 Å². The van der Waals surface area contributed by atoms with Crippen molar-refractivity contribution < 1.29 is 24.4 Å². The van der Waals surface area contributed by atoms with Crippen molar-refractivity contribution in [3.63, 3.8) is 0 Å². The molecule has 4 atom stereocenters. The predicted octanol–water partition coefficient (Wildman–Crippen LogP) is 1.05. The summed E-state index contributed by atoms with van der Waals surface area (Å²) in [4.78, 5) is 36.8. The molecule has 4 rings (SSSR count). The van der Waals surface area contributed by atoms with E-state index in [-0.39, 0.29) is 16.4 Å². The summed E-state index contributed by atoms with van der Waals surface area (Å²) in [6.07, 6.45) is 2.66. The summed E-state index contributed by atoms with van der Waals surface area (Å²) in [5.41, 5.74) is -1.52. The molecule has 8 nitrogen and oxygen atoms in total. The molecule has 0 aliphatic carbocycles. The minimum atomic E-state index is -1.22. The maximum atomic E-state index is 12.8. The van der Waals surface area contributed by atoms with Crippen molar-refractivity contribution >= 4 is 34.8 Å². The molecule has 0 saturated carbocycles. The number of carbonyl (C=O) groups excluding carboxylic acids is 2. The van der Waals surface area contributed by atoms with E-state index in [1.165, 1.54) is 12.1 Å². The van der Waals surface area contributed by atoms with E-state index in [0.717, 1.165) is 11.0 Å². The second-order valence-corrected chi connectivity index (χ2v) is 6.37. The lowest BCUT2D eigenvalue weighted by molar-refractivity contribution is -0.384. The molecule has 3 aliphatic rings. The van der Waals surface area contributed by atoms with Crippen LogP contribution < -0.4 is 4.90 Å². The van der Waals surface area contributed by atoms with E-state index in [0.29, 0.717) is 0 Å². The number of nitro benzene ring substituents is 1. The first-order valence-electron chi connectivity index (χ1n) is 7.19. The van der Waals surface area contributed by atoms with E-state index >= 15 is 0 Å². The minimum Gasteiger partial charge on any atom is -0.393 e. The molecule has 2 amide bonds. The standard InChI is InChI=1S/C15H11ClN2O6/c16-8-2-1-7(18(22)23)5-9(8)17-13(20)11-10-3-4-15(6-19,24-10)12(11)14(17)21/h1-5,10-12,19H,6H2/t10-,11-,12-,15+/m1/s1. The van der Waals surface area contributed by atoms with Crippen LogP contribution in [-0.2, 0) is 14.3 Å². The zero-order valence-corrected chi connectivity index (χ0v) is 12.8. The molecule has 9 heteroatoms. The molecule has 0 radical (unpaired) electrons. The largest absolute Gasteiger partial charge is 0.393 e. The van der Waals surface area contributed by atoms with Gasteiger partial charge in [-0.2, -0.15) is 0 Å². The SMILES string of the molecule is O=C1[C@@H]2[C@H]3C=C[C@@](CO)(O3)[C@H]2C(=O)N1c1cc([N+](=O)[O-])ccc1Cl. The fourth-order valence-corrected chi connectivity index (χ4v) is 3.91. The number of nitro groups is 1. The topological polar surface area (TPSA) is 110 Å². The highest BCUT2D eigenvalue weighted by Crippen LogP contribution is 2.52. The first kappa shape index (κ1) is 15.3. The fraction of sp³-hybridized carbons (Fsp3) is 0.333. The molecule has 2 saturated heterocycles. The molecular formula is C15H11ClN2O6. The Morgan fingerprint density at radius 2 is 2.12 bits per heavy atom. The van der Waals surface area contributed by atoms with Gasteiger partial charge in [-0.3, -0.25) is 19.7 Å². The van der Waals surface area contributed by atoms with Gasteiger partial charge >= 0.3 is 0 Å². The first-order valence-corrected chi connectivity index (χ1v) is 7.57. The number of benzene rings is 1. The molecule has 124 valence electrons. The average Bonchev–Trinajstić information content (AvgIpc) is 3.19. The van der Waals surface area contributed by atoms with Gasteiger partial charge in [0, 0.05) is 12.1 Å². The molecule has 2 fully saturated rings. The molecule has 24 heavy (non-hydrogen) atoms. The maximum Gasteiger partial charge on any atom is 0.271 e. The first-order chi connectivity index (χ1) is 11.4. The van der Waals surface area contributed by atoms with Gasteiger partial charge in [0.05, 0.1) is 40.2 Å². The van der Waals surface area contributed by atoms with Crippen LogP contribution in [0.25, 0.3) is 0 Å². The van der Waals surface area contributed by atoms with Crippen molar-refractivity contribution in [2.75, 3.05) is 11.5 Å². The highest BCUT2D eigenvalue weighted by molar-refractivity contribution is 6.36. The van der Waals surface area contributed by atoms with Crippen LogP contribution >= 0.6 is 11.6 Å². The average molecular weight is 351 g/mol. The third kappa shape index (κ3) is 1.75. The predicted molar refractivity (Wildman–Crippen MR) is 81.4 cm³/mol. The van der Waals surface area contributed by atoms with E-state index < -0.39 is 46.9 Å². The van der Waals surface area contributed by atoms with Gasteiger partial charge in [-0.1, -0.05) is 23.8 Å². The summed E-state index contributed by atoms with van der Waals surface area (Å²) in [5, 5.41) is 20.7. The number of imide groups is 1. The quantitative estimate of drug-likeness (QED) is 0.377. The molecule has 1 N–H and O–H groups in total. The van der Waals surface area contributed by atoms with E-state index in [4.69, 9.17) is 16.3 Å². The van der Waals surface area contributed by atoms with Crippen LogP contribution in [0.2, 0.25) is 5.02 Å². The van der Waals surface area contributed by atoms with Gasteiger partial charge in [0.25, 0.3) is 5.69 Å². The van der Waals surface area contributed by atoms with Gasteiger partial charge in [-0.25, -0.2) is 4.90 Å². The number of amides is 2. The van der Waals surface area contributed by atoms with Gasteiger partial charge in [0.1, 0.15) is 5.60 Å². The summed E-state index contributed by atoms with van der Waals surface area (Å²) in [6, 6.07) is 3.57. The number of halogens is 1. The summed E-state index contributed by atoms with van der Waals surface area (Å²) in [5.74, 6) is -2.73. The molecule has 0 aromatic heterocycles. The molecule has 1 aromatic rings. The Labute approximate surface area is 140 Å². The molecule has 0 spiro atoms. The molecular weight excluding hydrogens is 340 g/mol. The van der Waals surface area contributed by atoms with Crippen LogP contribution in [0.5, 0.6) is 0 Å². The number of hydrogen-bond acceptors (Lipinski definition) is 6. The van der Waals surface area contributed by atoms with Crippen LogP contribution in [0, 0.1) is 22.0 Å². The Kier molecular flexibility index (Phi) is 3.08. The van der Waals surface area contributed by atoms with Crippen LogP contribution in [0.4, 0.5) is 11.4 Å². The number of anilines is 1. The number of nitrogens with zero attached hydrogens (tertiary/aromatic N) is 2. The van der Waals surface area contributed by atoms with Gasteiger partial charge < -0.3 is 9.84 Å². The van der Waals surface area contributed by atoms with Crippen molar-refractivity contribution in [3.05, 3.63) is 45.5 Å². The van der Waals surface area contributed by atoms with E-state index in [1.54, 1.807) is 12.2 Å². The zero-order valence-electron chi connectivity index (χ0n) is 12.1. The van der Waals surface area contributed by atoms with E-state index in [1.807, 2.05) is 0 Å². The Morgan fingerprint density at radius 1 is 1.38 bits per heavy atom. The van der Waals surface area contributed by atoms with Crippen LogP contribution in [0.1, 0.15) is 0 Å². The molecule has 3 heterocycles. The lowest BCUT2D eigenvalue weighted by Gasteiger charge is -2.26. The Hall–Kier alpha value is -2.29. The number of ether oxygens (including phenoxy) is 1. The molecule has 3 aliphatic heterocycles. The number of hydrogen-bond donors (Lipinski definition) is 1. The van der Waals surface area contributed by atoms with Crippen LogP contribution in [-0.4, -0.2) is 40.2 Å². The number of non-ortho nitro benzene ring substituents is 1. The summed E-state index contributed by atoms with van der Waals surface area (Å²) in [7, 11) is 0. The fourth-order valence-electron chi connectivity index (χ4n) is 3.71. The van der Waals surface area contributed by atoms with E-state index in [9.17, 15) is 24.8 Å². The number of fused-ring (bicyclic) bond motifs is 5. The number of carbonyl (C=O) groups is 2. The van der Waals surface area contributed by atoms with Crippen molar-refractivity contribution in [1.29, 1.82) is 0 Å². The van der Waals surface area contributed by atoms with Crippen molar-refractivity contribution in [3.8, 4) is 0 Å². The molecule has 0 unspecified atom stereocenters. The molecule has 2 bridgehead atoms. The zero-order chi connectivity index (χ0) is 17.2. The number of aliphatic hydroxyl groups excluding tert-OH is 1. The Morgan fingerprint density at radius 3 is 2.79 bits per heavy atom.